The van der Waals surface area contributed by atoms with Crippen LogP contribution in [0.25, 0.3) is 0 Å². The molecule has 0 aromatic heterocycles. The van der Waals surface area contributed by atoms with Crippen LogP contribution >= 0.6 is 23.2 Å². The first-order chi connectivity index (χ1) is 10.1. The van der Waals surface area contributed by atoms with Crippen molar-refractivity contribution in [2.45, 2.75) is 17.9 Å². The van der Waals surface area contributed by atoms with E-state index in [1.54, 1.807) is 0 Å². The standard InChI is InChI=1S/C14H15N.C2H2Cl2O2/c1-3-7-13(8-4-1)11-15-12-14-9-5-2-6-10-14;3-1(4)2(5)6/h1-10,15H,11-12H2;1H,(H,5,6). The van der Waals surface area contributed by atoms with Crippen molar-refractivity contribution in [3.63, 3.8) is 0 Å². The van der Waals surface area contributed by atoms with Crippen LogP contribution in [0.1, 0.15) is 11.1 Å². The number of alkyl halides is 2. The number of carbonyl (C=O) groups is 1. The van der Waals surface area contributed by atoms with Crippen LogP contribution < -0.4 is 5.32 Å². The average Bonchev–Trinajstić information content (AvgIpc) is 2.50. The van der Waals surface area contributed by atoms with Gasteiger partial charge in [0.05, 0.1) is 0 Å². The zero-order chi connectivity index (χ0) is 15.5. The quantitative estimate of drug-likeness (QED) is 0.821. The lowest BCUT2D eigenvalue weighted by Gasteiger charge is -2.04. The Morgan fingerprint density at radius 1 is 0.905 bits per heavy atom. The van der Waals surface area contributed by atoms with Gasteiger partial charge in [-0.3, -0.25) is 0 Å². The summed E-state index contributed by atoms with van der Waals surface area (Å²) in [5.41, 5.74) is 2.65. The lowest BCUT2D eigenvalue weighted by atomic mass is 10.2. The highest BCUT2D eigenvalue weighted by Gasteiger charge is 2.05. The van der Waals surface area contributed by atoms with E-state index in [4.69, 9.17) is 28.3 Å². The summed E-state index contributed by atoms with van der Waals surface area (Å²) in [6.07, 6.45) is 0. The van der Waals surface area contributed by atoms with Crippen LogP contribution in [-0.2, 0) is 17.9 Å². The summed E-state index contributed by atoms with van der Waals surface area (Å²) in [7, 11) is 0. The molecular formula is C16H17Cl2NO2. The van der Waals surface area contributed by atoms with E-state index in [9.17, 15) is 4.79 Å². The predicted molar refractivity (Wildman–Crippen MR) is 86.6 cm³/mol. The molecule has 0 aliphatic heterocycles. The van der Waals surface area contributed by atoms with Crippen molar-refractivity contribution >= 4 is 29.2 Å². The van der Waals surface area contributed by atoms with Gasteiger partial charge in [0.1, 0.15) is 0 Å². The fraction of sp³-hybridized carbons (Fsp3) is 0.188. The molecule has 0 aliphatic rings. The summed E-state index contributed by atoms with van der Waals surface area (Å²) in [6, 6.07) is 20.9. The summed E-state index contributed by atoms with van der Waals surface area (Å²) in [6.45, 7) is 1.85. The molecule has 21 heavy (non-hydrogen) atoms. The van der Waals surface area contributed by atoms with Crippen LogP contribution in [0.4, 0.5) is 0 Å². The van der Waals surface area contributed by atoms with Gasteiger partial charge >= 0.3 is 5.97 Å². The van der Waals surface area contributed by atoms with Gasteiger partial charge in [-0.25, -0.2) is 4.79 Å². The summed E-state index contributed by atoms with van der Waals surface area (Å²) in [5, 5.41) is 11.1. The smallest absolute Gasteiger partial charge is 0.337 e. The van der Waals surface area contributed by atoms with E-state index in [0.29, 0.717) is 0 Å². The molecule has 0 heterocycles. The maximum atomic E-state index is 9.44. The highest BCUT2D eigenvalue weighted by atomic mass is 35.5. The number of carboxylic acids is 1. The molecule has 0 saturated heterocycles. The van der Waals surface area contributed by atoms with Gasteiger partial charge in [-0.15, -0.1) is 0 Å². The van der Waals surface area contributed by atoms with Gasteiger partial charge in [0.25, 0.3) is 0 Å². The van der Waals surface area contributed by atoms with Crippen molar-refractivity contribution in [3.8, 4) is 0 Å². The third kappa shape index (κ3) is 8.35. The first-order valence-electron chi connectivity index (χ1n) is 6.39. The molecular weight excluding hydrogens is 309 g/mol. The number of rotatable bonds is 5. The Kier molecular flexibility index (Phi) is 8.51. The van der Waals surface area contributed by atoms with Crippen LogP contribution in [-0.4, -0.2) is 15.9 Å². The van der Waals surface area contributed by atoms with Gasteiger partial charge in [-0.05, 0) is 11.1 Å². The van der Waals surface area contributed by atoms with E-state index in [2.05, 4.69) is 53.8 Å². The van der Waals surface area contributed by atoms with Crippen LogP contribution in [0, 0.1) is 0 Å². The fourth-order valence-electron chi connectivity index (χ4n) is 1.54. The van der Waals surface area contributed by atoms with Gasteiger partial charge in [-0.1, -0.05) is 83.9 Å². The molecule has 3 nitrogen and oxygen atoms in total. The lowest BCUT2D eigenvalue weighted by molar-refractivity contribution is -0.135. The van der Waals surface area contributed by atoms with Crippen molar-refractivity contribution in [1.82, 2.24) is 5.32 Å². The minimum atomic E-state index is -1.29. The highest BCUT2D eigenvalue weighted by molar-refractivity contribution is 6.52. The van der Waals surface area contributed by atoms with Gasteiger partial charge in [-0.2, -0.15) is 0 Å². The number of hydrogen-bond donors (Lipinski definition) is 2. The van der Waals surface area contributed by atoms with Gasteiger partial charge in [0.15, 0.2) is 0 Å². The zero-order valence-electron chi connectivity index (χ0n) is 11.4. The minimum Gasteiger partial charge on any atom is -0.479 e. The molecule has 0 radical (unpaired) electrons. The summed E-state index contributed by atoms with van der Waals surface area (Å²) in [4.78, 5) is 8.15. The topological polar surface area (TPSA) is 49.3 Å². The monoisotopic (exact) mass is 325 g/mol. The largest absolute Gasteiger partial charge is 0.479 e. The Morgan fingerprint density at radius 2 is 1.24 bits per heavy atom. The Balaban J connectivity index is 0.000000315. The number of carboxylic acid groups (broad SMARTS) is 1. The van der Waals surface area contributed by atoms with E-state index >= 15 is 0 Å². The molecule has 112 valence electrons. The maximum absolute atomic E-state index is 9.44. The van der Waals surface area contributed by atoms with Crippen molar-refractivity contribution in [2.75, 3.05) is 0 Å². The SMILES string of the molecule is O=C(O)C(Cl)Cl.c1ccc(CNCc2ccccc2)cc1. The Bertz CT molecular complexity index is 479. The second-order valence-corrected chi connectivity index (χ2v) is 5.31. The minimum absolute atomic E-state index is 0.926. The van der Waals surface area contributed by atoms with E-state index in [0.717, 1.165) is 13.1 Å². The second kappa shape index (κ2) is 10.2. The summed E-state index contributed by atoms with van der Waals surface area (Å²) < 4.78 is 0. The van der Waals surface area contributed by atoms with Gasteiger partial charge < -0.3 is 10.4 Å². The molecule has 0 unspecified atom stereocenters. The molecule has 0 fully saturated rings. The fourth-order valence-corrected chi connectivity index (χ4v) is 1.54. The van der Waals surface area contributed by atoms with Gasteiger partial charge in [0, 0.05) is 13.1 Å². The molecule has 2 aromatic carbocycles. The van der Waals surface area contributed by atoms with Crippen LogP contribution in [0.2, 0.25) is 0 Å². The lowest BCUT2D eigenvalue weighted by Crippen LogP contribution is -2.12. The molecule has 0 bridgehead atoms. The number of aliphatic carboxylic acids is 1. The Morgan fingerprint density at radius 3 is 1.52 bits per heavy atom. The summed E-state index contributed by atoms with van der Waals surface area (Å²) >= 11 is 9.56. The molecule has 0 saturated carbocycles. The Hall–Kier alpha value is -1.55. The van der Waals surface area contributed by atoms with Crippen molar-refractivity contribution in [3.05, 3.63) is 71.8 Å². The zero-order valence-corrected chi connectivity index (χ0v) is 12.9. The molecule has 2 N–H and O–H groups in total. The van der Waals surface area contributed by atoms with E-state index in [1.807, 2.05) is 12.1 Å². The average molecular weight is 326 g/mol. The van der Waals surface area contributed by atoms with Crippen LogP contribution in [0.3, 0.4) is 0 Å². The van der Waals surface area contributed by atoms with Crippen LogP contribution in [0.15, 0.2) is 60.7 Å². The number of nitrogens with one attached hydrogen (secondary N) is 1. The van der Waals surface area contributed by atoms with E-state index < -0.39 is 10.8 Å². The van der Waals surface area contributed by atoms with E-state index in [1.165, 1.54) is 11.1 Å². The number of hydrogen-bond acceptors (Lipinski definition) is 2. The van der Waals surface area contributed by atoms with Crippen molar-refractivity contribution in [1.29, 1.82) is 0 Å². The second-order valence-electron chi connectivity index (χ2n) is 4.21. The molecule has 0 atom stereocenters. The highest BCUT2D eigenvalue weighted by Crippen LogP contribution is 2.00. The van der Waals surface area contributed by atoms with E-state index in [-0.39, 0.29) is 0 Å². The third-order valence-electron chi connectivity index (χ3n) is 2.53. The molecule has 0 spiro atoms. The van der Waals surface area contributed by atoms with Crippen molar-refractivity contribution in [2.24, 2.45) is 0 Å². The first-order valence-corrected chi connectivity index (χ1v) is 7.26. The molecule has 2 aromatic rings. The number of halogens is 2. The molecule has 0 amide bonds. The maximum Gasteiger partial charge on any atom is 0.337 e. The van der Waals surface area contributed by atoms with Crippen molar-refractivity contribution < 1.29 is 9.90 Å². The van der Waals surface area contributed by atoms with Crippen LogP contribution in [0.5, 0.6) is 0 Å². The predicted octanol–water partition coefficient (Wildman–Crippen LogP) is 3.85. The first kappa shape index (κ1) is 17.5. The molecule has 0 aliphatic carbocycles. The third-order valence-corrected chi connectivity index (χ3v) is 2.90. The Labute approximate surface area is 134 Å². The molecule has 5 heteroatoms. The normalized spacial score (nSPS) is 9.86. The molecule has 2 rings (SSSR count). The summed E-state index contributed by atoms with van der Waals surface area (Å²) in [5.74, 6) is -1.21. The number of benzene rings is 2. The van der Waals surface area contributed by atoms with Gasteiger partial charge in [0.2, 0.25) is 4.84 Å².